The quantitative estimate of drug-likeness (QED) is 0.430. The minimum absolute atomic E-state index is 0.115. The van der Waals surface area contributed by atoms with Crippen molar-refractivity contribution in [2.45, 2.75) is 51.2 Å². The molecule has 2 aliphatic rings. The zero-order chi connectivity index (χ0) is 25.3. The molecule has 36 heavy (non-hydrogen) atoms. The van der Waals surface area contributed by atoms with Gasteiger partial charge in [-0.2, -0.15) is 5.10 Å². The molecule has 1 N–H and O–H groups in total. The summed E-state index contributed by atoms with van der Waals surface area (Å²) >= 11 is 0. The second-order valence-corrected chi connectivity index (χ2v) is 10.2. The first-order valence-corrected chi connectivity index (χ1v) is 12.6. The highest BCUT2D eigenvalue weighted by molar-refractivity contribution is 6.12. The van der Waals surface area contributed by atoms with Gasteiger partial charge in [0.2, 0.25) is 0 Å². The van der Waals surface area contributed by atoms with E-state index in [0.29, 0.717) is 30.1 Å². The fraction of sp³-hybridized carbons (Fsp3) is 0.462. The van der Waals surface area contributed by atoms with Crippen LogP contribution in [0.1, 0.15) is 53.6 Å². The normalized spacial score (nSPS) is 15.6. The highest BCUT2D eigenvalue weighted by atomic mass is 16.2. The van der Waals surface area contributed by atoms with Crippen molar-refractivity contribution in [1.29, 1.82) is 0 Å². The van der Waals surface area contributed by atoms with Gasteiger partial charge < -0.3 is 24.3 Å². The van der Waals surface area contributed by atoms with Gasteiger partial charge in [0.25, 0.3) is 11.8 Å². The predicted molar refractivity (Wildman–Crippen MR) is 139 cm³/mol. The molecule has 2 aliphatic carbocycles. The van der Waals surface area contributed by atoms with E-state index in [9.17, 15) is 9.59 Å². The van der Waals surface area contributed by atoms with Crippen LogP contribution in [0, 0.1) is 0 Å². The lowest BCUT2D eigenvalue weighted by Gasteiger charge is -2.22. The van der Waals surface area contributed by atoms with E-state index in [0.717, 1.165) is 59.0 Å². The molecule has 10 heteroatoms. The van der Waals surface area contributed by atoms with Crippen molar-refractivity contribution in [2.75, 3.05) is 19.4 Å². The van der Waals surface area contributed by atoms with E-state index in [4.69, 9.17) is 0 Å². The number of hydrogen-bond donors (Lipinski definition) is 1. The molecule has 6 rings (SSSR count). The van der Waals surface area contributed by atoms with Crippen molar-refractivity contribution in [3.8, 4) is 0 Å². The average Bonchev–Trinajstić information content (AvgIpc) is 3.76. The van der Waals surface area contributed by atoms with Crippen LogP contribution in [-0.2, 0) is 20.6 Å². The third-order valence-corrected chi connectivity index (χ3v) is 7.29. The summed E-state index contributed by atoms with van der Waals surface area (Å²) in [5.41, 5.74) is 4.75. The molecule has 2 fully saturated rings. The molecule has 0 radical (unpaired) electrons. The Bertz CT molecular complexity index is 1500. The van der Waals surface area contributed by atoms with Gasteiger partial charge in [0.05, 0.1) is 23.0 Å². The number of aryl methyl sites for hydroxylation is 3. The monoisotopic (exact) mass is 488 g/mol. The molecule has 0 atom stereocenters. The number of benzene rings is 1. The number of hydrogen-bond acceptors (Lipinski definition) is 5. The zero-order valence-electron chi connectivity index (χ0n) is 21.4. The van der Waals surface area contributed by atoms with E-state index in [1.807, 2.05) is 23.7 Å². The van der Waals surface area contributed by atoms with Crippen LogP contribution in [-0.4, -0.2) is 71.7 Å². The van der Waals surface area contributed by atoms with Crippen LogP contribution in [0.2, 0.25) is 0 Å². The summed E-state index contributed by atoms with van der Waals surface area (Å²) in [5.74, 6) is 0.586. The first-order chi connectivity index (χ1) is 17.3. The number of carbonyl (C=O) groups excluding carboxylic acids is 2. The van der Waals surface area contributed by atoms with Crippen molar-refractivity contribution in [1.82, 2.24) is 33.7 Å². The molecule has 2 amide bonds. The van der Waals surface area contributed by atoms with Crippen molar-refractivity contribution in [3.63, 3.8) is 0 Å². The molecule has 0 aliphatic heterocycles. The van der Waals surface area contributed by atoms with Crippen LogP contribution in [0.15, 0.2) is 24.5 Å². The van der Waals surface area contributed by atoms with Gasteiger partial charge in [-0.25, -0.2) is 4.98 Å². The van der Waals surface area contributed by atoms with E-state index < -0.39 is 0 Å². The SMILES string of the molecule is CCn1c(C(=O)N(C2CC2)C2CC2)cc2c3c(ncn3C)c(Nc3cc(C(=O)N(C)C)n(C)n3)cc21. The van der Waals surface area contributed by atoms with Gasteiger partial charge in [-0.15, -0.1) is 0 Å². The van der Waals surface area contributed by atoms with Gasteiger partial charge in [0, 0.05) is 58.3 Å². The Morgan fingerprint density at radius 3 is 2.33 bits per heavy atom. The smallest absolute Gasteiger partial charge is 0.271 e. The summed E-state index contributed by atoms with van der Waals surface area (Å²) in [6.07, 6.45) is 6.22. The number of imidazole rings is 1. The van der Waals surface area contributed by atoms with Crippen molar-refractivity contribution < 1.29 is 9.59 Å². The van der Waals surface area contributed by atoms with Crippen molar-refractivity contribution >= 4 is 45.3 Å². The second-order valence-electron chi connectivity index (χ2n) is 10.2. The molecular formula is C26H32N8O2. The van der Waals surface area contributed by atoms with Gasteiger partial charge in [-0.05, 0) is 44.7 Å². The summed E-state index contributed by atoms with van der Waals surface area (Å²) in [6.45, 7) is 2.76. The highest BCUT2D eigenvalue weighted by Gasteiger charge is 2.43. The van der Waals surface area contributed by atoms with Gasteiger partial charge in [0.1, 0.15) is 16.9 Å². The molecule has 3 heterocycles. The summed E-state index contributed by atoms with van der Waals surface area (Å²) in [7, 11) is 7.17. The molecular weight excluding hydrogens is 456 g/mol. The van der Waals surface area contributed by atoms with Crippen LogP contribution in [0.5, 0.6) is 0 Å². The lowest BCUT2D eigenvalue weighted by atomic mass is 10.1. The number of anilines is 2. The Morgan fingerprint density at radius 2 is 1.72 bits per heavy atom. The standard InChI is InChI=1S/C26H32N8O2/c1-6-33-19-12-18(28-22-13-20(32(5)29-22)25(35)30(2)3)23-24(31(4)14-27-23)17(19)11-21(33)26(36)34(15-7-8-15)16-9-10-16/h11-16H,6-10H2,1-5H3,(H,28,29). The van der Waals surface area contributed by atoms with Crippen LogP contribution in [0.4, 0.5) is 11.5 Å². The fourth-order valence-corrected chi connectivity index (χ4v) is 5.24. The lowest BCUT2D eigenvalue weighted by Crippen LogP contribution is -2.36. The number of aromatic nitrogens is 5. The summed E-state index contributed by atoms with van der Waals surface area (Å²) in [4.78, 5) is 34.6. The molecule has 0 saturated heterocycles. The molecule has 0 unspecified atom stereocenters. The molecule has 1 aromatic carbocycles. The van der Waals surface area contributed by atoms with Crippen LogP contribution < -0.4 is 5.32 Å². The first-order valence-electron chi connectivity index (χ1n) is 12.6. The Kier molecular flexibility index (Phi) is 5.10. The second kappa shape index (κ2) is 8.11. The van der Waals surface area contributed by atoms with Crippen molar-refractivity contribution in [3.05, 3.63) is 35.9 Å². The number of carbonyl (C=O) groups is 2. The van der Waals surface area contributed by atoms with Gasteiger partial charge in [0.15, 0.2) is 5.82 Å². The number of nitrogens with zero attached hydrogens (tertiary/aromatic N) is 7. The highest BCUT2D eigenvalue weighted by Crippen LogP contribution is 2.40. The fourth-order valence-electron chi connectivity index (χ4n) is 5.24. The minimum Gasteiger partial charge on any atom is -0.343 e. The Labute approximate surface area is 209 Å². The number of fused-ring (bicyclic) bond motifs is 3. The van der Waals surface area contributed by atoms with Crippen LogP contribution >= 0.6 is 0 Å². The summed E-state index contributed by atoms with van der Waals surface area (Å²) in [6, 6.07) is 6.63. The molecule has 4 aromatic rings. The number of nitrogens with one attached hydrogen (secondary N) is 1. The Balaban J connectivity index is 1.47. The number of rotatable bonds is 7. The Hall–Kier alpha value is -3.82. The maximum absolute atomic E-state index is 13.8. The Morgan fingerprint density at radius 1 is 1.03 bits per heavy atom. The molecule has 3 aromatic heterocycles. The van der Waals surface area contributed by atoms with Crippen LogP contribution in [0.3, 0.4) is 0 Å². The van der Waals surface area contributed by atoms with E-state index >= 15 is 0 Å². The summed E-state index contributed by atoms with van der Waals surface area (Å²) in [5, 5.41) is 8.91. The van der Waals surface area contributed by atoms with Gasteiger partial charge in [-0.1, -0.05) is 0 Å². The van der Waals surface area contributed by atoms with Gasteiger partial charge in [-0.3, -0.25) is 14.3 Å². The lowest BCUT2D eigenvalue weighted by molar-refractivity contribution is 0.0719. The maximum Gasteiger partial charge on any atom is 0.271 e. The van der Waals surface area contributed by atoms with E-state index in [2.05, 4.69) is 31.8 Å². The van der Waals surface area contributed by atoms with E-state index in [-0.39, 0.29) is 11.8 Å². The third-order valence-electron chi connectivity index (χ3n) is 7.29. The van der Waals surface area contributed by atoms with E-state index in [1.165, 1.54) is 4.90 Å². The molecule has 0 bridgehead atoms. The topological polar surface area (TPSA) is 93.2 Å². The average molecular weight is 489 g/mol. The maximum atomic E-state index is 13.8. The number of amides is 2. The van der Waals surface area contributed by atoms with E-state index in [1.54, 1.807) is 38.2 Å². The van der Waals surface area contributed by atoms with Crippen molar-refractivity contribution in [2.24, 2.45) is 14.1 Å². The molecule has 10 nitrogen and oxygen atoms in total. The van der Waals surface area contributed by atoms with Gasteiger partial charge >= 0.3 is 0 Å². The largest absolute Gasteiger partial charge is 0.343 e. The summed E-state index contributed by atoms with van der Waals surface area (Å²) < 4.78 is 5.69. The molecule has 188 valence electrons. The van der Waals surface area contributed by atoms with Crippen LogP contribution in [0.25, 0.3) is 21.9 Å². The molecule has 2 saturated carbocycles. The first kappa shape index (κ1) is 22.6. The predicted octanol–water partition coefficient (Wildman–Crippen LogP) is 3.49. The minimum atomic E-state index is -0.115. The third kappa shape index (κ3) is 3.54. The molecule has 0 spiro atoms. The zero-order valence-corrected chi connectivity index (χ0v) is 21.4.